The summed E-state index contributed by atoms with van der Waals surface area (Å²) in [4.78, 5) is 14.9. The zero-order valence-electron chi connectivity index (χ0n) is 14.6. The molecule has 0 radical (unpaired) electrons. The van der Waals surface area contributed by atoms with Gasteiger partial charge in [0.05, 0.1) is 0 Å². The van der Waals surface area contributed by atoms with Gasteiger partial charge in [-0.3, -0.25) is 4.79 Å². The van der Waals surface area contributed by atoms with E-state index in [-0.39, 0.29) is 23.6 Å². The molecule has 1 amide bonds. The summed E-state index contributed by atoms with van der Waals surface area (Å²) in [7, 11) is 0. The maximum Gasteiger partial charge on any atom is 0.268 e. The molecule has 2 N–H and O–H groups in total. The SMILES string of the molecule is CC1CC(CN)CN1C(=O)C(Oc1ccc(F)c(F)c1)c1ccccc1. The number of carbonyl (C=O) groups excluding carboxylic acids is 1. The first-order valence-electron chi connectivity index (χ1n) is 8.66. The van der Waals surface area contributed by atoms with Crippen molar-refractivity contribution in [3.8, 4) is 5.75 Å². The van der Waals surface area contributed by atoms with E-state index in [1.54, 1.807) is 29.2 Å². The molecule has 2 aromatic rings. The number of nitrogens with zero attached hydrogens (tertiary/aromatic N) is 1. The smallest absolute Gasteiger partial charge is 0.268 e. The van der Waals surface area contributed by atoms with Gasteiger partial charge in [0.25, 0.3) is 5.91 Å². The lowest BCUT2D eigenvalue weighted by atomic mass is 10.1. The van der Waals surface area contributed by atoms with Crippen LogP contribution in [0.5, 0.6) is 5.75 Å². The van der Waals surface area contributed by atoms with E-state index >= 15 is 0 Å². The van der Waals surface area contributed by atoms with E-state index in [0.29, 0.717) is 18.7 Å². The van der Waals surface area contributed by atoms with Gasteiger partial charge in [-0.1, -0.05) is 30.3 Å². The largest absolute Gasteiger partial charge is 0.476 e. The third-order valence-corrected chi connectivity index (χ3v) is 4.75. The molecule has 0 saturated carbocycles. The van der Waals surface area contributed by atoms with Crippen LogP contribution < -0.4 is 10.5 Å². The molecule has 3 rings (SSSR count). The number of hydrogen-bond acceptors (Lipinski definition) is 3. The topological polar surface area (TPSA) is 55.6 Å². The quantitative estimate of drug-likeness (QED) is 0.890. The lowest BCUT2D eigenvalue weighted by molar-refractivity contribution is -0.139. The maximum atomic E-state index is 13.5. The van der Waals surface area contributed by atoms with Crippen molar-refractivity contribution in [2.24, 2.45) is 11.7 Å². The van der Waals surface area contributed by atoms with E-state index in [4.69, 9.17) is 10.5 Å². The minimum Gasteiger partial charge on any atom is -0.476 e. The van der Waals surface area contributed by atoms with Gasteiger partial charge in [0.1, 0.15) is 5.75 Å². The van der Waals surface area contributed by atoms with Gasteiger partial charge in [0.2, 0.25) is 6.10 Å². The third-order valence-electron chi connectivity index (χ3n) is 4.75. The van der Waals surface area contributed by atoms with E-state index in [2.05, 4.69) is 0 Å². The Morgan fingerprint density at radius 1 is 1.23 bits per heavy atom. The number of likely N-dealkylation sites (tertiary alicyclic amines) is 1. The van der Waals surface area contributed by atoms with E-state index < -0.39 is 17.7 Å². The number of nitrogens with two attached hydrogens (primary N) is 1. The molecule has 0 bridgehead atoms. The van der Waals surface area contributed by atoms with E-state index in [9.17, 15) is 13.6 Å². The molecule has 0 spiro atoms. The molecule has 2 aromatic carbocycles. The normalized spacial score (nSPS) is 20.8. The van der Waals surface area contributed by atoms with Gasteiger partial charge >= 0.3 is 0 Å². The highest BCUT2D eigenvalue weighted by atomic mass is 19.2. The maximum absolute atomic E-state index is 13.5. The van der Waals surface area contributed by atoms with Gasteiger partial charge in [-0.15, -0.1) is 0 Å². The number of benzene rings is 2. The van der Waals surface area contributed by atoms with Crippen LogP contribution in [0.15, 0.2) is 48.5 Å². The second-order valence-corrected chi connectivity index (χ2v) is 6.66. The van der Waals surface area contributed by atoms with Crippen LogP contribution in [0.2, 0.25) is 0 Å². The lowest BCUT2D eigenvalue weighted by Gasteiger charge is -2.27. The minimum absolute atomic E-state index is 0.0517. The van der Waals surface area contributed by atoms with Gasteiger partial charge in [-0.25, -0.2) is 8.78 Å². The summed E-state index contributed by atoms with van der Waals surface area (Å²) in [6.07, 6.45) is -0.0883. The van der Waals surface area contributed by atoms with Gasteiger partial charge < -0.3 is 15.4 Å². The predicted molar refractivity (Wildman–Crippen MR) is 94.5 cm³/mol. The molecule has 6 heteroatoms. The zero-order chi connectivity index (χ0) is 18.7. The molecule has 138 valence electrons. The van der Waals surface area contributed by atoms with Gasteiger partial charge in [-0.2, -0.15) is 0 Å². The molecular formula is C20H22F2N2O2. The molecule has 3 atom stereocenters. The predicted octanol–water partition coefficient (Wildman–Crippen LogP) is 3.28. The van der Waals surface area contributed by atoms with Crippen molar-refractivity contribution in [3.63, 3.8) is 0 Å². The van der Waals surface area contributed by atoms with Crippen LogP contribution in [0.3, 0.4) is 0 Å². The van der Waals surface area contributed by atoms with Gasteiger partial charge in [0.15, 0.2) is 11.6 Å². The monoisotopic (exact) mass is 360 g/mol. The molecule has 26 heavy (non-hydrogen) atoms. The molecular weight excluding hydrogens is 338 g/mol. The number of carbonyl (C=O) groups is 1. The number of amides is 1. The minimum atomic E-state index is -1.01. The fourth-order valence-corrected chi connectivity index (χ4v) is 3.35. The van der Waals surface area contributed by atoms with Crippen LogP contribution in [0.4, 0.5) is 8.78 Å². The van der Waals surface area contributed by atoms with Crippen molar-refractivity contribution in [3.05, 3.63) is 65.7 Å². The summed E-state index contributed by atoms with van der Waals surface area (Å²) >= 11 is 0. The third kappa shape index (κ3) is 3.85. The summed E-state index contributed by atoms with van der Waals surface area (Å²) in [6, 6.07) is 12.3. The van der Waals surface area contributed by atoms with Crippen molar-refractivity contribution in [2.45, 2.75) is 25.5 Å². The van der Waals surface area contributed by atoms with E-state index in [1.165, 1.54) is 6.07 Å². The Hall–Kier alpha value is -2.47. The molecule has 1 aliphatic rings. The Morgan fingerprint density at radius 2 is 1.96 bits per heavy atom. The van der Waals surface area contributed by atoms with E-state index in [1.807, 2.05) is 13.0 Å². The van der Waals surface area contributed by atoms with Crippen molar-refractivity contribution in [1.82, 2.24) is 4.90 Å². The molecule has 1 aliphatic heterocycles. The van der Waals surface area contributed by atoms with Crippen molar-refractivity contribution >= 4 is 5.91 Å². The second-order valence-electron chi connectivity index (χ2n) is 6.66. The first-order valence-corrected chi connectivity index (χ1v) is 8.66. The molecule has 0 aliphatic carbocycles. The highest BCUT2D eigenvalue weighted by molar-refractivity contribution is 5.83. The summed E-state index contributed by atoms with van der Waals surface area (Å²) in [5.74, 6) is -1.82. The zero-order valence-corrected chi connectivity index (χ0v) is 14.6. The summed E-state index contributed by atoms with van der Waals surface area (Å²) < 4.78 is 32.5. The Kier molecular flexibility index (Phi) is 5.52. The van der Waals surface area contributed by atoms with Gasteiger partial charge in [0, 0.05) is 24.2 Å². The number of ether oxygens (including phenoxy) is 1. The highest BCUT2D eigenvalue weighted by Gasteiger charge is 2.36. The van der Waals surface area contributed by atoms with Crippen LogP contribution in [0, 0.1) is 17.6 Å². The van der Waals surface area contributed by atoms with Crippen molar-refractivity contribution in [1.29, 1.82) is 0 Å². The van der Waals surface area contributed by atoms with Crippen LogP contribution in [0.25, 0.3) is 0 Å². The van der Waals surface area contributed by atoms with Crippen molar-refractivity contribution in [2.75, 3.05) is 13.1 Å². The molecule has 1 saturated heterocycles. The molecule has 0 aromatic heterocycles. The molecule has 4 nitrogen and oxygen atoms in total. The van der Waals surface area contributed by atoms with Crippen molar-refractivity contribution < 1.29 is 18.3 Å². The first kappa shape index (κ1) is 18.3. The van der Waals surface area contributed by atoms with Crippen LogP contribution in [0.1, 0.15) is 25.0 Å². The average molecular weight is 360 g/mol. The molecule has 1 heterocycles. The Balaban J connectivity index is 1.88. The highest BCUT2D eigenvalue weighted by Crippen LogP contribution is 2.30. The fraction of sp³-hybridized carbons (Fsp3) is 0.350. The fourth-order valence-electron chi connectivity index (χ4n) is 3.35. The van der Waals surface area contributed by atoms with Crippen LogP contribution in [-0.4, -0.2) is 29.9 Å². The Bertz CT molecular complexity index is 770. The lowest BCUT2D eigenvalue weighted by Crippen LogP contribution is -2.39. The summed E-state index contributed by atoms with van der Waals surface area (Å²) in [5.41, 5.74) is 6.41. The average Bonchev–Trinajstić information content (AvgIpc) is 3.03. The second kappa shape index (κ2) is 7.83. The molecule has 1 fully saturated rings. The van der Waals surface area contributed by atoms with Crippen LogP contribution >= 0.6 is 0 Å². The number of hydrogen-bond donors (Lipinski definition) is 1. The Labute approximate surface area is 151 Å². The number of rotatable bonds is 5. The molecule has 3 unspecified atom stereocenters. The Morgan fingerprint density at radius 3 is 2.58 bits per heavy atom. The van der Waals surface area contributed by atoms with Crippen LogP contribution in [-0.2, 0) is 4.79 Å². The number of halogens is 2. The van der Waals surface area contributed by atoms with Gasteiger partial charge in [-0.05, 0) is 37.9 Å². The van der Waals surface area contributed by atoms with E-state index in [0.717, 1.165) is 18.6 Å². The standard InChI is InChI=1S/C20H22F2N2O2/c1-13-9-14(11-23)12-24(13)20(25)19(15-5-3-2-4-6-15)26-16-7-8-17(21)18(22)10-16/h2-8,10,13-14,19H,9,11-12,23H2,1H3. The summed E-state index contributed by atoms with van der Waals surface area (Å²) in [6.45, 7) is 3.07. The first-order chi connectivity index (χ1) is 12.5. The summed E-state index contributed by atoms with van der Waals surface area (Å²) in [5, 5.41) is 0.